The van der Waals surface area contributed by atoms with Crippen LogP contribution in [0.4, 0.5) is 0 Å². The number of nitrogens with zero attached hydrogens (tertiary/aromatic N) is 2. The third kappa shape index (κ3) is 11.8. The summed E-state index contributed by atoms with van der Waals surface area (Å²) in [7, 11) is -2.80. The van der Waals surface area contributed by atoms with E-state index in [1.54, 1.807) is 16.7 Å². The van der Waals surface area contributed by atoms with Crippen molar-refractivity contribution in [3.05, 3.63) is 0 Å². The van der Waals surface area contributed by atoms with E-state index in [4.69, 9.17) is 0 Å². The number of hydrogen-bond donors (Lipinski definition) is 3. The van der Waals surface area contributed by atoms with Crippen molar-refractivity contribution in [3.63, 3.8) is 0 Å². The predicted molar refractivity (Wildman–Crippen MR) is 77.5 cm³/mol. The van der Waals surface area contributed by atoms with E-state index in [0.717, 1.165) is 25.9 Å². The van der Waals surface area contributed by atoms with Gasteiger partial charge in [0.2, 0.25) is 0 Å². The molecule has 126 valence electrons. The van der Waals surface area contributed by atoms with E-state index in [1.165, 1.54) is 6.42 Å². The van der Waals surface area contributed by atoms with Crippen molar-refractivity contribution < 1.29 is 74.6 Å². The second-order valence-corrected chi connectivity index (χ2v) is 6.89. The normalized spacial score (nSPS) is 19.7. The van der Waals surface area contributed by atoms with Gasteiger partial charge in [-0.05, 0) is 33.0 Å². The summed E-state index contributed by atoms with van der Waals surface area (Å²) in [6, 6.07) is 0. The quantitative estimate of drug-likeness (QED) is 0.278. The number of nitrogens with one attached hydrogen (secondary N) is 1. The van der Waals surface area contributed by atoms with Crippen molar-refractivity contribution >= 4 is 10.3 Å². The Morgan fingerprint density at radius 2 is 1.73 bits per heavy atom. The zero-order chi connectivity index (χ0) is 15.9. The summed E-state index contributed by atoms with van der Waals surface area (Å²) in [6.07, 6.45) is 2.07. The molecule has 0 amide bonds. The van der Waals surface area contributed by atoms with Gasteiger partial charge in [-0.3, -0.25) is 0 Å². The van der Waals surface area contributed by atoms with Crippen LogP contribution in [0.3, 0.4) is 0 Å². The number of piperidine rings is 1. The van der Waals surface area contributed by atoms with Gasteiger partial charge < -0.3 is 24.6 Å². The summed E-state index contributed by atoms with van der Waals surface area (Å²) in [5.74, 6) is 0. The predicted octanol–water partition coefficient (Wildman–Crippen LogP) is -4.82. The molecule has 1 aliphatic rings. The van der Waals surface area contributed by atoms with E-state index in [1.807, 2.05) is 0 Å². The summed E-state index contributed by atoms with van der Waals surface area (Å²) in [6.45, 7) is 2.87. The van der Waals surface area contributed by atoms with Crippen LogP contribution < -0.4 is 56.1 Å². The van der Waals surface area contributed by atoms with Crippen LogP contribution in [0.1, 0.15) is 19.3 Å². The second kappa shape index (κ2) is 11.8. The Morgan fingerprint density at radius 3 is 2.27 bits per heavy atom. The molecule has 0 bridgehead atoms. The smallest absolute Gasteiger partial charge is 0.735 e. The van der Waals surface area contributed by atoms with E-state index in [-0.39, 0.29) is 64.5 Å². The molecule has 8 nitrogen and oxygen atoms in total. The van der Waals surface area contributed by atoms with Crippen molar-refractivity contribution in [1.29, 1.82) is 0 Å². The van der Waals surface area contributed by atoms with Crippen molar-refractivity contribution in [2.75, 3.05) is 46.3 Å². The standard InChI is InChI=1S/C12H27N3O5S.K/c1-14(8-11(16)7-13-21(18,19)20)9-12(17)10-15-5-3-2-4-6-15;/h11-13,16-17H,2-10H2,1H3,(H,18,19,20);/q;+1/p-1. The minimum Gasteiger partial charge on any atom is -0.735 e. The molecular formula is C12H26KN3O5S. The average molecular weight is 364 g/mol. The van der Waals surface area contributed by atoms with Gasteiger partial charge in [0.05, 0.1) is 12.2 Å². The Hall–Kier alpha value is 1.35. The first-order chi connectivity index (χ1) is 9.76. The number of aliphatic hydroxyl groups is 2. The number of rotatable bonds is 9. The second-order valence-electron chi connectivity index (χ2n) is 5.69. The van der Waals surface area contributed by atoms with Gasteiger partial charge in [-0.25, -0.2) is 13.1 Å². The minimum absolute atomic E-state index is 0. The van der Waals surface area contributed by atoms with E-state index in [9.17, 15) is 23.2 Å². The molecule has 0 aromatic heterocycles. The van der Waals surface area contributed by atoms with Crippen LogP contribution in [0, 0.1) is 0 Å². The van der Waals surface area contributed by atoms with Crippen molar-refractivity contribution in [3.8, 4) is 0 Å². The van der Waals surface area contributed by atoms with Gasteiger partial charge in [-0.1, -0.05) is 6.42 Å². The van der Waals surface area contributed by atoms with E-state index in [0.29, 0.717) is 13.1 Å². The van der Waals surface area contributed by atoms with Crippen LogP contribution in [0.15, 0.2) is 0 Å². The summed E-state index contributed by atoms with van der Waals surface area (Å²) in [5, 5.41) is 19.6. The van der Waals surface area contributed by atoms with E-state index < -0.39 is 22.5 Å². The molecule has 1 aliphatic heterocycles. The Bertz CT molecular complexity index is 392. The average Bonchev–Trinajstić information content (AvgIpc) is 2.36. The van der Waals surface area contributed by atoms with Gasteiger partial charge in [0.25, 0.3) is 0 Å². The SMILES string of the molecule is CN(CC(O)CNS(=O)(=O)[O-])CC(O)CN1CCCCC1.[K+]. The van der Waals surface area contributed by atoms with Crippen molar-refractivity contribution in [1.82, 2.24) is 14.5 Å². The first-order valence-electron chi connectivity index (χ1n) is 7.24. The Morgan fingerprint density at radius 1 is 1.18 bits per heavy atom. The molecule has 2 unspecified atom stereocenters. The van der Waals surface area contributed by atoms with Crippen LogP contribution in [0.5, 0.6) is 0 Å². The molecule has 0 aromatic rings. The van der Waals surface area contributed by atoms with Gasteiger partial charge in [0.15, 0.2) is 10.3 Å². The molecule has 1 heterocycles. The van der Waals surface area contributed by atoms with Gasteiger partial charge in [-0.2, -0.15) is 0 Å². The topological polar surface area (TPSA) is 116 Å². The molecule has 0 spiro atoms. The molecule has 0 radical (unpaired) electrons. The number of aliphatic hydroxyl groups excluding tert-OH is 2. The van der Waals surface area contributed by atoms with Crippen LogP contribution in [0.2, 0.25) is 0 Å². The summed E-state index contributed by atoms with van der Waals surface area (Å²) in [5.41, 5.74) is 0. The maximum atomic E-state index is 10.4. The van der Waals surface area contributed by atoms with Gasteiger partial charge in [-0.15, -0.1) is 0 Å². The zero-order valence-corrected chi connectivity index (χ0v) is 17.4. The fourth-order valence-electron chi connectivity index (χ4n) is 2.55. The third-order valence-electron chi connectivity index (χ3n) is 3.46. The van der Waals surface area contributed by atoms with Crippen LogP contribution in [-0.2, 0) is 10.3 Å². The minimum atomic E-state index is -4.53. The monoisotopic (exact) mass is 363 g/mol. The molecule has 2 atom stereocenters. The third-order valence-corrected chi connectivity index (χ3v) is 3.98. The molecule has 0 saturated carbocycles. The van der Waals surface area contributed by atoms with Crippen molar-refractivity contribution in [2.24, 2.45) is 0 Å². The molecule has 0 aromatic carbocycles. The Kier molecular flexibility index (Phi) is 12.5. The number of likely N-dealkylation sites (tertiary alicyclic amines) is 1. The first-order valence-corrected chi connectivity index (χ1v) is 8.64. The van der Waals surface area contributed by atoms with Gasteiger partial charge in [0.1, 0.15) is 0 Å². The van der Waals surface area contributed by atoms with Gasteiger partial charge in [0, 0.05) is 26.2 Å². The molecule has 0 aliphatic carbocycles. The molecule has 3 N–H and O–H groups in total. The van der Waals surface area contributed by atoms with Crippen LogP contribution in [0.25, 0.3) is 0 Å². The Balaban J connectivity index is 0.00000441. The van der Waals surface area contributed by atoms with Crippen LogP contribution in [-0.4, -0.2) is 91.5 Å². The van der Waals surface area contributed by atoms with E-state index in [2.05, 4.69) is 4.90 Å². The number of likely N-dealkylation sites (N-methyl/N-ethyl adjacent to an activating group) is 1. The summed E-state index contributed by atoms with van der Waals surface area (Å²) in [4.78, 5) is 3.95. The summed E-state index contributed by atoms with van der Waals surface area (Å²) < 4.78 is 32.9. The summed E-state index contributed by atoms with van der Waals surface area (Å²) >= 11 is 0. The first kappa shape index (κ1) is 23.3. The molecule has 1 rings (SSSR count). The zero-order valence-electron chi connectivity index (χ0n) is 13.4. The van der Waals surface area contributed by atoms with Crippen LogP contribution >= 0.6 is 0 Å². The maximum Gasteiger partial charge on any atom is 1.00 e. The largest absolute Gasteiger partial charge is 1.00 e. The Labute approximate surface area is 175 Å². The number of β-amino-alcohol motifs (C(OH)–C–C–N with tert-alkyl or cyclic N) is 1. The molecule has 1 fully saturated rings. The number of hydrogen-bond acceptors (Lipinski definition) is 7. The molecule has 22 heavy (non-hydrogen) atoms. The van der Waals surface area contributed by atoms with Crippen molar-refractivity contribution in [2.45, 2.75) is 31.5 Å². The van der Waals surface area contributed by atoms with E-state index >= 15 is 0 Å². The molecule has 1 saturated heterocycles. The molecular weight excluding hydrogens is 337 g/mol. The fourth-order valence-corrected chi connectivity index (χ4v) is 2.95. The fraction of sp³-hybridized carbons (Fsp3) is 1.00. The molecule has 10 heteroatoms. The maximum absolute atomic E-state index is 10.4. The van der Waals surface area contributed by atoms with Gasteiger partial charge >= 0.3 is 51.4 Å².